The summed E-state index contributed by atoms with van der Waals surface area (Å²) in [6.07, 6.45) is 73.9. The van der Waals surface area contributed by atoms with E-state index < -0.39 is 12.1 Å². The number of nitrogens with one attached hydrogen (secondary N) is 1. The highest BCUT2D eigenvalue weighted by atomic mass is 16.5. The van der Waals surface area contributed by atoms with Crippen LogP contribution in [0.1, 0.15) is 367 Å². The molecule has 0 spiro atoms. The molecule has 3 N–H and O–H groups in total. The molecule has 0 radical (unpaired) electrons. The van der Waals surface area contributed by atoms with Gasteiger partial charge < -0.3 is 20.3 Å². The number of esters is 1. The van der Waals surface area contributed by atoms with Gasteiger partial charge >= 0.3 is 5.97 Å². The third-order valence-electron chi connectivity index (χ3n) is 15.3. The van der Waals surface area contributed by atoms with E-state index in [1.165, 1.54) is 295 Å². The Balaban J connectivity index is 3.34. The number of hydrogen-bond donors (Lipinski definition) is 3. The predicted molar refractivity (Wildman–Crippen MR) is 310 cm³/mol. The molecular formula is C65H127NO5. The summed E-state index contributed by atoms with van der Waals surface area (Å²) in [5, 5.41) is 23.2. The van der Waals surface area contributed by atoms with Crippen molar-refractivity contribution in [3.63, 3.8) is 0 Å². The van der Waals surface area contributed by atoms with Gasteiger partial charge in [-0.05, 0) is 51.4 Å². The summed E-state index contributed by atoms with van der Waals surface area (Å²) in [7, 11) is 0. The molecule has 0 fully saturated rings. The Morgan fingerprint density at radius 1 is 0.380 bits per heavy atom. The van der Waals surface area contributed by atoms with E-state index in [2.05, 4.69) is 31.3 Å². The molecule has 6 nitrogen and oxygen atoms in total. The van der Waals surface area contributed by atoms with E-state index in [1.54, 1.807) is 0 Å². The number of carbonyl (C=O) groups excluding carboxylic acids is 2. The van der Waals surface area contributed by atoms with Crippen LogP contribution in [0.5, 0.6) is 0 Å². The number of aliphatic hydroxyl groups excluding tert-OH is 2. The first kappa shape index (κ1) is 69.6. The van der Waals surface area contributed by atoms with Gasteiger partial charge in [-0.3, -0.25) is 9.59 Å². The zero-order valence-electron chi connectivity index (χ0n) is 48.2. The molecular weight excluding hydrogens is 875 g/mol. The lowest BCUT2D eigenvalue weighted by molar-refractivity contribution is -0.143. The standard InChI is InChI=1S/C65H127NO5/c1-3-5-7-9-11-13-15-16-31-35-39-43-47-51-55-59-65(70)71-60-56-52-48-44-40-36-33-30-28-26-24-22-20-18-17-19-21-23-25-27-29-32-34-38-42-46-50-54-58-64(69)66-62(61-67)63(68)57-53-49-45-41-37-14-12-10-8-6-4-2/h17-18,62-63,67-68H,3-16,19-61H2,1-2H3,(H,66,69)/b18-17-. The maximum absolute atomic E-state index is 12.4. The minimum absolute atomic E-state index is 0.0193. The number of aliphatic hydroxyl groups is 2. The molecule has 6 heteroatoms. The Bertz CT molecular complexity index is 1060. The number of rotatable bonds is 61. The minimum Gasteiger partial charge on any atom is -0.466 e. The molecule has 0 saturated carbocycles. The van der Waals surface area contributed by atoms with Crippen molar-refractivity contribution in [2.75, 3.05) is 13.2 Å². The van der Waals surface area contributed by atoms with Gasteiger partial charge in [0.05, 0.1) is 25.4 Å². The molecule has 1 amide bonds. The molecule has 0 aliphatic rings. The smallest absolute Gasteiger partial charge is 0.305 e. The van der Waals surface area contributed by atoms with Gasteiger partial charge in [0.1, 0.15) is 0 Å². The lowest BCUT2D eigenvalue weighted by atomic mass is 10.0. The summed E-state index contributed by atoms with van der Waals surface area (Å²) in [6, 6.07) is -0.539. The molecule has 0 saturated heterocycles. The first-order valence-electron chi connectivity index (χ1n) is 32.4. The van der Waals surface area contributed by atoms with Crippen molar-refractivity contribution < 1.29 is 24.5 Å². The normalized spacial score (nSPS) is 12.6. The second-order valence-corrected chi connectivity index (χ2v) is 22.5. The van der Waals surface area contributed by atoms with E-state index in [1.807, 2.05) is 0 Å². The van der Waals surface area contributed by atoms with Crippen LogP contribution < -0.4 is 5.32 Å². The van der Waals surface area contributed by atoms with Crippen LogP contribution >= 0.6 is 0 Å². The molecule has 0 aliphatic heterocycles. The van der Waals surface area contributed by atoms with Crippen molar-refractivity contribution in [1.82, 2.24) is 5.32 Å². The van der Waals surface area contributed by atoms with E-state index in [0.717, 1.165) is 38.5 Å². The van der Waals surface area contributed by atoms with Gasteiger partial charge in [-0.25, -0.2) is 0 Å². The lowest BCUT2D eigenvalue weighted by Gasteiger charge is -2.22. The first-order valence-corrected chi connectivity index (χ1v) is 32.4. The van der Waals surface area contributed by atoms with Crippen molar-refractivity contribution in [2.24, 2.45) is 0 Å². The number of allylic oxidation sites excluding steroid dienone is 2. The van der Waals surface area contributed by atoms with E-state index >= 15 is 0 Å². The molecule has 0 aromatic heterocycles. The Morgan fingerprint density at radius 2 is 0.662 bits per heavy atom. The first-order chi connectivity index (χ1) is 35.0. The monoisotopic (exact) mass is 1000 g/mol. The molecule has 2 unspecified atom stereocenters. The Morgan fingerprint density at radius 3 is 1.00 bits per heavy atom. The van der Waals surface area contributed by atoms with E-state index in [-0.39, 0.29) is 18.5 Å². The quantitative estimate of drug-likeness (QED) is 0.0320. The molecule has 0 aromatic rings. The SMILES string of the molecule is CCCCCCCCCCCCCCCCCC(=O)OCCCCCCCCCCCCCC/C=C\CCCCCCCCCCCCCCC(=O)NC(CO)C(O)CCCCCCCCCCCCC. The second kappa shape index (κ2) is 61.1. The number of unbranched alkanes of at least 4 members (excludes halogenated alkanes) is 48. The van der Waals surface area contributed by atoms with Crippen LogP contribution in [0.4, 0.5) is 0 Å². The van der Waals surface area contributed by atoms with Crippen LogP contribution in [0, 0.1) is 0 Å². The fourth-order valence-corrected chi connectivity index (χ4v) is 10.3. The van der Waals surface area contributed by atoms with Crippen molar-refractivity contribution in [1.29, 1.82) is 0 Å². The van der Waals surface area contributed by atoms with Crippen LogP contribution in [0.15, 0.2) is 12.2 Å². The van der Waals surface area contributed by atoms with Crippen molar-refractivity contribution in [3.05, 3.63) is 12.2 Å². The van der Waals surface area contributed by atoms with Crippen molar-refractivity contribution >= 4 is 11.9 Å². The van der Waals surface area contributed by atoms with Crippen LogP contribution in [-0.2, 0) is 14.3 Å². The van der Waals surface area contributed by atoms with Gasteiger partial charge in [0.15, 0.2) is 0 Å². The molecule has 2 atom stereocenters. The number of ether oxygens (including phenoxy) is 1. The van der Waals surface area contributed by atoms with E-state index in [4.69, 9.17) is 4.74 Å². The highest BCUT2D eigenvalue weighted by Crippen LogP contribution is 2.18. The molecule has 422 valence electrons. The predicted octanol–water partition coefficient (Wildman–Crippen LogP) is 20.4. The average Bonchev–Trinajstić information content (AvgIpc) is 3.37. The van der Waals surface area contributed by atoms with Gasteiger partial charge in [0.2, 0.25) is 5.91 Å². The zero-order valence-corrected chi connectivity index (χ0v) is 48.2. The van der Waals surface area contributed by atoms with Crippen molar-refractivity contribution in [2.45, 2.75) is 379 Å². The third kappa shape index (κ3) is 57.7. The summed E-state index contributed by atoms with van der Waals surface area (Å²) in [4.78, 5) is 24.5. The Hall–Kier alpha value is -1.40. The topological polar surface area (TPSA) is 95.9 Å². The minimum atomic E-state index is -0.662. The maximum atomic E-state index is 12.4. The maximum Gasteiger partial charge on any atom is 0.305 e. The fourth-order valence-electron chi connectivity index (χ4n) is 10.3. The summed E-state index contributed by atoms with van der Waals surface area (Å²) in [6.45, 7) is 4.97. The highest BCUT2D eigenvalue weighted by Gasteiger charge is 2.20. The van der Waals surface area contributed by atoms with Gasteiger partial charge in [0, 0.05) is 12.8 Å². The Labute approximate surface area is 444 Å². The zero-order chi connectivity index (χ0) is 51.4. The largest absolute Gasteiger partial charge is 0.466 e. The molecule has 71 heavy (non-hydrogen) atoms. The second-order valence-electron chi connectivity index (χ2n) is 22.5. The van der Waals surface area contributed by atoms with Crippen LogP contribution in [0.3, 0.4) is 0 Å². The van der Waals surface area contributed by atoms with E-state index in [9.17, 15) is 19.8 Å². The molecule has 0 bridgehead atoms. The average molecular weight is 1000 g/mol. The summed E-state index contributed by atoms with van der Waals surface area (Å²) < 4.78 is 5.49. The van der Waals surface area contributed by atoms with Gasteiger partial charge in [-0.15, -0.1) is 0 Å². The van der Waals surface area contributed by atoms with Gasteiger partial charge in [-0.2, -0.15) is 0 Å². The summed E-state index contributed by atoms with van der Waals surface area (Å²) >= 11 is 0. The molecule has 0 aromatic carbocycles. The third-order valence-corrected chi connectivity index (χ3v) is 15.3. The summed E-state index contributed by atoms with van der Waals surface area (Å²) in [5.41, 5.74) is 0. The molecule has 0 aliphatic carbocycles. The van der Waals surface area contributed by atoms with Crippen LogP contribution in [-0.4, -0.2) is 47.4 Å². The number of hydrogen-bond acceptors (Lipinski definition) is 5. The number of amides is 1. The van der Waals surface area contributed by atoms with E-state index in [0.29, 0.717) is 25.9 Å². The molecule has 0 rings (SSSR count). The lowest BCUT2D eigenvalue weighted by Crippen LogP contribution is -2.45. The van der Waals surface area contributed by atoms with Crippen LogP contribution in [0.25, 0.3) is 0 Å². The van der Waals surface area contributed by atoms with Gasteiger partial charge in [0.25, 0.3) is 0 Å². The summed E-state index contributed by atoms with van der Waals surface area (Å²) in [5.74, 6) is -0.0148. The Kier molecular flexibility index (Phi) is 59.9. The number of carbonyl (C=O) groups is 2. The molecule has 0 heterocycles. The van der Waals surface area contributed by atoms with Crippen LogP contribution in [0.2, 0.25) is 0 Å². The van der Waals surface area contributed by atoms with Crippen molar-refractivity contribution in [3.8, 4) is 0 Å². The highest BCUT2D eigenvalue weighted by molar-refractivity contribution is 5.76. The fraction of sp³-hybridized carbons (Fsp3) is 0.938. The van der Waals surface area contributed by atoms with Gasteiger partial charge in [-0.1, -0.05) is 315 Å².